The zero-order valence-electron chi connectivity index (χ0n) is 21.0. The monoisotopic (exact) mass is 615 g/mol. The number of hydrogen-bond acceptors (Lipinski definition) is 6. The fraction of sp³-hybridized carbons (Fsp3) is 0.370. The predicted molar refractivity (Wildman–Crippen MR) is 153 cm³/mol. The van der Waals surface area contributed by atoms with E-state index >= 15 is 0 Å². The molecule has 0 radical (unpaired) electrons. The van der Waals surface area contributed by atoms with Crippen molar-refractivity contribution in [2.75, 3.05) is 31.5 Å². The molecule has 12 heteroatoms. The maximum absolute atomic E-state index is 13.6. The first kappa shape index (κ1) is 27.1. The summed E-state index contributed by atoms with van der Waals surface area (Å²) in [6, 6.07) is 8.91. The summed E-state index contributed by atoms with van der Waals surface area (Å²) >= 11 is 9.40. The number of carbonyl (C=O) groups is 2. The highest BCUT2D eigenvalue weighted by molar-refractivity contribution is 9.10. The van der Waals surface area contributed by atoms with Gasteiger partial charge in [-0.15, -0.1) is 0 Å². The second-order valence-corrected chi connectivity index (χ2v) is 11.3. The Morgan fingerprint density at radius 1 is 1.00 bits per heavy atom. The topological polar surface area (TPSA) is 129 Å². The smallest absolute Gasteiger partial charge is 0.294 e. The van der Waals surface area contributed by atoms with Crippen LogP contribution >= 0.6 is 27.5 Å². The summed E-state index contributed by atoms with van der Waals surface area (Å²) in [4.78, 5) is 56.9. The molecule has 10 nitrogen and oxygen atoms in total. The van der Waals surface area contributed by atoms with Gasteiger partial charge in [0.25, 0.3) is 17.5 Å². The number of nitrogens with one attached hydrogen (secondary N) is 2. The van der Waals surface area contributed by atoms with Gasteiger partial charge in [-0.3, -0.25) is 24.5 Å². The molecule has 2 aromatic carbocycles. The molecule has 1 atom stereocenters. The summed E-state index contributed by atoms with van der Waals surface area (Å²) in [5.74, 6) is -0.561. The number of nitro groups is 1. The number of nitro benzene ring substituents is 1. The van der Waals surface area contributed by atoms with Gasteiger partial charge in [-0.25, -0.2) is 0 Å². The van der Waals surface area contributed by atoms with Crippen LogP contribution in [0.25, 0.3) is 10.9 Å². The SMILES string of the molecule is O=C(c1cc(Br)cc([N+](=O)[O-])c1N[C@@H]1CCCN(C(=O)c2cc(=O)[nH]c3cc(Cl)ccc23)C1)N1CCCCC1. The summed E-state index contributed by atoms with van der Waals surface area (Å²) < 4.78 is 0.446. The molecule has 2 saturated heterocycles. The molecule has 0 bridgehead atoms. The van der Waals surface area contributed by atoms with Gasteiger partial charge in [0, 0.05) is 59.2 Å². The van der Waals surface area contributed by atoms with E-state index in [2.05, 4.69) is 26.2 Å². The van der Waals surface area contributed by atoms with Crippen molar-refractivity contribution >= 4 is 61.6 Å². The van der Waals surface area contributed by atoms with Gasteiger partial charge in [0.05, 0.1) is 21.6 Å². The molecule has 3 heterocycles. The highest BCUT2D eigenvalue weighted by Gasteiger charge is 2.31. The van der Waals surface area contributed by atoms with E-state index in [4.69, 9.17) is 11.6 Å². The van der Waals surface area contributed by atoms with E-state index in [1.807, 2.05) is 0 Å². The van der Waals surface area contributed by atoms with E-state index in [1.165, 1.54) is 12.1 Å². The first-order valence-corrected chi connectivity index (χ1v) is 14.0. The third kappa shape index (κ3) is 5.79. The second-order valence-electron chi connectivity index (χ2n) is 9.93. The zero-order chi connectivity index (χ0) is 27.7. The Kier molecular flexibility index (Phi) is 7.90. The minimum Gasteiger partial charge on any atom is -0.374 e. The zero-order valence-corrected chi connectivity index (χ0v) is 23.4. The number of piperidine rings is 2. The summed E-state index contributed by atoms with van der Waals surface area (Å²) in [5.41, 5.74) is 0.517. The quantitative estimate of drug-likeness (QED) is 0.300. The van der Waals surface area contributed by atoms with Gasteiger partial charge in [-0.05, 0) is 50.3 Å². The van der Waals surface area contributed by atoms with Crippen molar-refractivity contribution in [1.82, 2.24) is 14.8 Å². The number of pyridine rings is 1. The number of rotatable bonds is 5. The maximum atomic E-state index is 13.6. The Morgan fingerprint density at radius 3 is 2.46 bits per heavy atom. The van der Waals surface area contributed by atoms with Crippen molar-refractivity contribution in [3.8, 4) is 0 Å². The summed E-state index contributed by atoms with van der Waals surface area (Å²) in [7, 11) is 0. The van der Waals surface area contributed by atoms with Gasteiger partial charge in [0.1, 0.15) is 5.69 Å². The summed E-state index contributed by atoms with van der Waals surface area (Å²) in [6.45, 7) is 1.95. The van der Waals surface area contributed by atoms with E-state index in [1.54, 1.807) is 34.1 Å². The van der Waals surface area contributed by atoms with Crippen LogP contribution in [0.5, 0.6) is 0 Å². The summed E-state index contributed by atoms with van der Waals surface area (Å²) in [5, 5.41) is 16.3. The number of H-pyrrole nitrogens is 1. The van der Waals surface area contributed by atoms with Gasteiger partial charge in [-0.2, -0.15) is 0 Å². The molecule has 0 unspecified atom stereocenters. The number of anilines is 1. The Morgan fingerprint density at radius 2 is 1.72 bits per heavy atom. The molecule has 2 aliphatic heterocycles. The fourth-order valence-corrected chi connectivity index (χ4v) is 6.01. The lowest BCUT2D eigenvalue weighted by Crippen LogP contribution is -2.45. The Hall–Kier alpha value is -3.44. The third-order valence-electron chi connectivity index (χ3n) is 7.25. The number of aromatic amines is 1. The number of fused-ring (bicyclic) bond motifs is 1. The molecule has 3 aromatic rings. The van der Waals surface area contributed by atoms with E-state index < -0.39 is 10.5 Å². The number of amides is 2. The van der Waals surface area contributed by atoms with Crippen molar-refractivity contribution in [2.24, 2.45) is 0 Å². The lowest BCUT2D eigenvalue weighted by Gasteiger charge is -2.34. The van der Waals surface area contributed by atoms with Crippen LogP contribution in [-0.4, -0.2) is 63.7 Å². The molecule has 5 rings (SSSR count). The number of benzene rings is 2. The molecular formula is C27H27BrClN5O5. The molecule has 0 saturated carbocycles. The van der Waals surface area contributed by atoms with Crippen LogP contribution in [0.2, 0.25) is 5.02 Å². The minimum atomic E-state index is -0.501. The van der Waals surface area contributed by atoms with Crippen molar-refractivity contribution < 1.29 is 14.5 Å². The van der Waals surface area contributed by atoms with Crippen LogP contribution in [0, 0.1) is 10.1 Å². The highest BCUT2D eigenvalue weighted by Crippen LogP contribution is 2.35. The van der Waals surface area contributed by atoms with Crippen molar-refractivity contribution in [2.45, 2.75) is 38.1 Å². The van der Waals surface area contributed by atoms with E-state index in [9.17, 15) is 24.5 Å². The van der Waals surface area contributed by atoms with Crippen LogP contribution in [0.3, 0.4) is 0 Å². The second kappa shape index (κ2) is 11.4. The number of hydrogen-bond donors (Lipinski definition) is 2. The maximum Gasteiger partial charge on any atom is 0.294 e. The van der Waals surface area contributed by atoms with Crippen molar-refractivity contribution in [3.05, 3.63) is 77.5 Å². The van der Waals surface area contributed by atoms with Gasteiger partial charge in [-0.1, -0.05) is 33.6 Å². The molecule has 39 heavy (non-hydrogen) atoms. The predicted octanol–water partition coefficient (Wildman–Crippen LogP) is 5.20. The molecule has 2 fully saturated rings. The normalized spacial score (nSPS) is 17.7. The highest BCUT2D eigenvalue weighted by atomic mass is 79.9. The number of likely N-dealkylation sites (tertiary alicyclic amines) is 2. The number of carbonyl (C=O) groups excluding carboxylic acids is 2. The van der Waals surface area contributed by atoms with E-state index in [-0.39, 0.29) is 46.9 Å². The van der Waals surface area contributed by atoms with Gasteiger partial charge < -0.3 is 20.1 Å². The molecule has 0 spiro atoms. The van der Waals surface area contributed by atoms with Crippen molar-refractivity contribution in [1.29, 1.82) is 0 Å². The first-order chi connectivity index (χ1) is 18.7. The number of nitrogens with zero attached hydrogens (tertiary/aromatic N) is 3. The van der Waals surface area contributed by atoms with Crippen LogP contribution < -0.4 is 10.9 Å². The van der Waals surface area contributed by atoms with E-state index in [0.29, 0.717) is 52.9 Å². The lowest BCUT2D eigenvalue weighted by molar-refractivity contribution is -0.384. The largest absolute Gasteiger partial charge is 0.374 e. The van der Waals surface area contributed by atoms with Crippen LogP contribution in [0.15, 0.2) is 45.7 Å². The average Bonchev–Trinajstić information content (AvgIpc) is 2.92. The van der Waals surface area contributed by atoms with Gasteiger partial charge in [0.15, 0.2) is 0 Å². The number of aromatic nitrogens is 1. The molecule has 0 aliphatic carbocycles. The van der Waals surface area contributed by atoms with E-state index in [0.717, 1.165) is 19.3 Å². The molecule has 1 aromatic heterocycles. The first-order valence-electron chi connectivity index (χ1n) is 12.9. The van der Waals surface area contributed by atoms with Crippen molar-refractivity contribution in [3.63, 3.8) is 0 Å². The van der Waals surface area contributed by atoms with Crippen LogP contribution in [0.1, 0.15) is 52.8 Å². The van der Waals surface area contributed by atoms with Crippen LogP contribution in [-0.2, 0) is 0 Å². The molecule has 2 aliphatic rings. The molecule has 2 amide bonds. The van der Waals surface area contributed by atoms with Gasteiger partial charge >= 0.3 is 0 Å². The minimum absolute atomic E-state index is 0.161. The Balaban J connectivity index is 1.44. The molecule has 2 N–H and O–H groups in total. The fourth-order valence-electron chi connectivity index (χ4n) is 5.39. The molecular weight excluding hydrogens is 590 g/mol. The third-order valence-corrected chi connectivity index (χ3v) is 7.94. The standard InChI is InChI=1S/C27H27BrClN5O5/c28-16-11-21(27(37)32-8-2-1-3-9-32)25(23(12-16)34(38)39)30-18-5-4-10-33(15-18)26(36)20-14-24(35)31-22-13-17(29)6-7-19(20)22/h6-7,11-14,18,30H,1-5,8-10,15H2,(H,31,35)/t18-/m1/s1. The van der Waals surface area contributed by atoms with Gasteiger partial charge in [0.2, 0.25) is 5.56 Å². The Labute approximate surface area is 237 Å². The van der Waals surface area contributed by atoms with Crippen LogP contribution in [0.4, 0.5) is 11.4 Å². The Bertz CT molecular complexity index is 1520. The molecule has 204 valence electrons. The average molecular weight is 617 g/mol. The number of halogens is 2. The summed E-state index contributed by atoms with van der Waals surface area (Å²) in [6.07, 6.45) is 4.15. The lowest BCUT2D eigenvalue weighted by atomic mass is 10.0.